The number of hydrogen-bond acceptors (Lipinski definition) is 6. The quantitative estimate of drug-likeness (QED) is 0.774. The fraction of sp³-hybridized carbons (Fsp3) is 0.474. The van der Waals surface area contributed by atoms with Gasteiger partial charge in [0.1, 0.15) is 0 Å². The first-order valence-electron chi connectivity index (χ1n) is 9.10. The molecule has 1 aliphatic rings. The van der Waals surface area contributed by atoms with Crippen molar-refractivity contribution in [3.05, 3.63) is 52.0 Å². The molecule has 3 aromatic rings. The third-order valence-corrected chi connectivity index (χ3v) is 5.30. The Morgan fingerprint density at radius 1 is 1.27 bits per heavy atom. The second-order valence-electron chi connectivity index (χ2n) is 7.20. The molecule has 1 N–H and O–H groups in total. The molecule has 0 spiro atoms. The highest BCUT2D eigenvalue weighted by Gasteiger charge is 2.23. The lowest BCUT2D eigenvalue weighted by Gasteiger charge is -2.28. The number of hydrogen-bond donors (Lipinski definition) is 1. The largest absolute Gasteiger partial charge is 0.339 e. The number of aromatic nitrogens is 4. The van der Waals surface area contributed by atoms with Crippen LogP contribution in [0.4, 0.5) is 0 Å². The van der Waals surface area contributed by atoms with Gasteiger partial charge in [0.25, 0.3) is 5.56 Å². The normalized spacial score (nSPS) is 17.6. The first kappa shape index (κ1) is 16.9. The maximum atomic E-state index is 12.0. The number of nitrogens with one attached hydrogen (secondary N) is 1. The summed E-state index contributed by atoms with van der Waals surface area (Å²) in [6.45, 7) is 4.22. The SMILES string of the molecule is C[C@H](c1nc(CC2CCN(C)CC2)no1)c1n[nH]c(=O)c2ccccc12. The topological polar surface area (TPSA) is 87.9 Å². The summed E-state index contributed by atoms with van der Waals surface area (Å²) in [6.07, 6.45) is 3.19. The molecule has 0 unspecified atom stereocenters. The summed E-state index contributed by atoms with van der Waals surface area (Å²) in [7, 11) is 2.16. The molecule has 7 nitrogen and oxygen atoms in total. The average Bonchev–Trinajstić information content (AvgIpc) is 3.12. The van der Waals surface area contributed by atoms with Crippen molar-refractivity contribution in [2.24, 2.45) is 5.92 Å². The van der Waals surface area contributed by atoms with Gasteiger partial charge in [0.2, 0.25) is 5.89 Å². The van der Waals surface area contributed by atoms with Crippen LogP contribution in [-0.4, -0.2) is 45.4 Å². The summed E-state index contributed by atoms with van der Waals surface area (Å²) >= 11 is 0. The molecule has 1 aliphatic heterocycles. The molecule has 0 bridgehead atoms. The average molecular weight is 353 g/mol. The van der Waals surface area contributed by atoms with Gasteiger partial charge in [-0.25, -0.2) is 5.10 Å². The van der Waals surface area contributed by atoms with E-state index in [0.717, 1.165) is 36.4 Å². The molecule has 1 atom stereocenters. The van der Waals surface area contributed by atoms with Crippen molar-refractivity contribution in [2.75, 3.05) is 20.1 Å². The van der Waals surface area contributed by atoms with E-state index in [2.05, 4.69) is 32.3 Å². The Kier molecular flexibility index (Phi) is 4.55. The Labute approximate surface area is 151 Å². The van der Waals surface area contributed by atoms with Gasteiger partial charge in [0, 0.05) is 11.8 Å². The number of fused-ring (bicyclic) bond motifs is 1. The lowest BCUT2D eigenvalue weighted by atomic mass is 9.93. The monoisotopic (exact) mass is 353 g/mol. The van der Waals surface area contributed by atoms with Gasteiger partial charge in [-0.15, -0.1) is 0 Å². The van der Waals surface area contributed by atoms with Crippen molar-refractivity contribution in [3.8, 4) is 0 Å². The molecule has 0 radical (unpaired) electrons. The molecule has 0 aliphatic carbocycles. The van der Waals surface area contributed by atoms with Gasteiger partial charge in [0.05, 0.1) is 17.0 Å². The summed E-state index contributed by atoms with van der Waals surface area (Å²) in [5.41, 5.74) is 0.555. The number of likely N-dealkylation sites (tertiary alicyclic amines) is 1. The number of aromatic amines is 1. The van der Waals surface area contributed by atoms with Crippen LogP contribution in [0.5, 0.6) is 0 Å². The molecule has 1 fully saturated rings. The van der Waals surface area contributed by atoms with Crippen LogP contribution in [0.15, 0.2) is 33.6 Å². The second-order valence-corrected chi connectivity index (χ2v) is 7.20. The molecule has 1 aromatic carbocycles. The minimum Gasteiger partial charge on any atom is -0.339 e. The van der Waals surface area contributed by atoms with Gasteiger partial charge in [-0.2, -0.15) is 10.1 Å². The summed E-state index contributed by atoms with van der Waals surface area (Å²) in [6, 6.07) is 7.45. The summed E-state index contributed by atoms with van der Waals surface area (Å²) < 4.78 is 5.52. The highest BCUT2D eigenvalue weighted by Crippen LogP contribution is 2.27. The Morgan fingerprint density at radius 2 is 2.00 bits per heavy atom. The van der Waals surface area contributed by atoms with E-state index in [1.807, 2.05) is 25.1 Å². The Balaban J connectivity index is 1.56. The molecule has 136 valence electrons. The number of nitrogens with zero attached hydrogens (tertiary/aromatic N) is 4. The van der Waals surface area contributed by atoms with Crippen LogP contribution >= 0.6 is 0 Å². The molecule has 3 heterocycles. The number of piperidine rings is 1. The van der Waals surface area contributed by atoms with Crippen molar-refractivity contribution in [2.45, 2.75) is 32.1 Å². The fourth-order valence-corrected chi connectivity index (χ4v) is 3.63. The second kappa shape index (κ2) is 6.99. The highest BCUT2D eigenvalue weighted by atomic mass is 16.5. The molecular formula is C19H23N5O2. The minimum absolute atomic E-state index is 0.185. The van der Waals surface area contributed by atoms with Crippen LogP contribution in [0.2, 0.25) is 0 Å². The van der Waals surface area contributed by atoms with E-state index in [0.29, 0.717) is 17.2 Å². The minimum atomic E-state index is -0.190. The van der Waals surface area contributed by atoms with E-state index >= 15 is 0 Å². The smallest absolute Gasteiger partial charge is 0.272 e. The van der Waals surface area contributed by atoms with Gasteiger partial charge in [-0.1, -0.05) is 23.4 Å². The molecule has 0 amide bonds. The zero-order valence-electron chi connectivity index (χ0n) is 15.1. The molecule has 1 saturated heterocycles. The van der Waals surface area contributed by atoms with Crippen molar-refractivity contribution < 1.29 is 4.52 Å². The van der Waals surface area contributed by atoms with E-state index < -0.39 is 0 Å². The van der Waals surface area contributed by atoms with Gasteiger partial charge in [-0.3, -0.25) is 4.79 Å². The van der Waals surface area contributed by atoms with E-state index in [9.17, 15) is 4.79 Å². The van der Waals surface area contributed by atoms with Crippen LogP contribution in [0.25, 0.3) is 10.8 Å². The zero-order valence-corrected chi connectivity index (χ0v) is 15.1. The predicted octanol–water partition coefficient (Wildman–Crippen LogP) is 2.34. The number of H-pyrrole nitrogens is 1. The van der Waals surface area contributed by atoms with Crippen LogP contribution in [0, 0.1) is 5.92 Å². The Hall–Kier alpha value is -2.54. The van der Waals surface area contributed by atoms with Crippen LogP contribution < -0.4 is 5.56 Å². The highest BCUT2D eigenvalue weighted by molar-refractivity contribution is 5.84. The lowest BCUT2D eigenvalue weighted by Crippen LogP contribution is -2.31. The standard InChI is InChI=1S/C19H23N5O2/c1-12(17-14-5-3-4-6-15(14)18(25)22-21-17)19-20-16(23-26-19)11-13-7-9-24(2)10-8-13/h3-6,12-13H,7-11H2,1-2H3,(H,22,25)/t12-/m0/s1. The van der Waals surface area contributed by atoms with Gasteiger partial charge < -0.3 is 9.42 Å². The van der Waals surface area contributed by atoms with E-state index in [-0.39, 0.29) is 11.5 Å². The van der Waals surface area contributed by atoms with Crippen LogP contribution in [0.1, 0.15) is 43.1 Å². The van der Waals surface area contributed by atoms with Gasteiger partial charge in [-0.05, 0) is 51.9 Å². The van der Waals surface area contributed by atoms with E-state index in [1.54, 1.807) is 6.07 Å². The van der Waals surface area contributed by atoms with Gasteiger partial charge >= 0.3 is 0 Å². The van der Waals surface area contributed by atoms with Crippen LogP contribution in [-0.2, 0) is 6.42 Å². The summed E-state index contributed by atoms with van der Waals surface area (Å²) in [5, 5.41) is 12.4. The van der Waals surface area contributed by atoms with Gasteiger partial charge in [0.15, 0.2) is 5.82 Å². The first-order valence-corrected chi connectivity index (χ1v) is 9.10. The molecule has 7 heteroatoms. The summed E-state index contributed by atoms with van der Waals surface area (Å²) in [5.74, 6) is 1.72. The zero-order chi connectivity index (χ0) is 18.1. The molecule has 2 aromatic heterocycles. The maximum absolute atomic E-state index is 12.0. The van der Waals surface area contributed by atoms with E-state index in [1.165, 1.54) is 12.8 Å². The summed E-state index contributed by atoms with van der Waals surface area (Å²) in [4.78, 5) is 18.9. The Bertz CT molecular complexity index is 956. The Morgan fingerprint density at radius 3 is 2.77 bits per heavy atom. The number of benzene rings is 1. The van der Waals surface area contributed by atoms with Crippen molar-refractivity contribution in [3.63, 3.8) is 0 Å². The maximum Gasteiger partial charge on any atom is 0.272 e. The van der Waals surface area contributed by atoms with E-state index in [4.69, 9.17) is 4.52 Å². The lowest BCUT2D eigenvalue weighted by molar-refractivity contribution is 0.216. The molecule has 4 rings (SSSR count). The van der Waals surface area contributed by atoms with Crippen LogP contribution in [0.3, 0.4) is 0 Å². The predicted molar refractivity (Wildman–Crippen MR) is 98.1 cm³/mol. The fourth-order valence-electron chi connectivity index (χ4n) is 3.63. The molecule has 26 heavy (non-hydrogen) atoms. The van der Waals surface area contributed by atoms with Crippen molar-refractivity contribution in [1.29, 1.82) is 0 Å². The first-order chi connectivity index (χ1) is 12.6. The van der Waals surface area contributed by atoms with Crippen molar-refractivity contribution in [1.82, 2.24) is 25.2 Å². The third-order valence-electron chi connectivity index (χ3n) is 5.30. The third kappa shape index (κ3) is 3.26. The molecular weight excluding hydrogens is 330 g/mol. The molecule has 0 saturated carbocycles. The van der Waals surface area contributed by atoms with Crippen molar-refractivity contribution >= 4 is 10.8 Å². The number of rotatable bonds is 4.